The van der Waals surface area contributed by atoms with Crippen LogP contribution in [0.1, 0.15) is 31.2 Å². The molecule has 1 saturated carbocycles. The highest BCUT2D eigenvalue weighted by Crippen LogP contribution is 2.42. The van der Waals surface area contributed by atoms with Crippen LogP contribution >= 0.6 is 22.9 Å². The fourth-order valence-corrected chi connectivity index (χ4v) is 5.06. The number of imidazole rings is 1. The summed E-state index contributed by atoms with van der Waals surface area (Å²) in [4.78, 5) is 18.9. The van der Waals surface area contributed by atoms with Gasteiger partial charge in [0.1, 0.15) is 0 Å². The summed E-state index contributed by atoms with van der Waals surface area (Å²) in [5, 5.41) is 5.85. The molecule has 0 aliphatic heterocycles. The number of fused-ring (bicyclic) bond motifs is 1. The Morgan fingerprint density at radius 2 is 1.79 bits per heavy atom. The second-order valence-corrected chi connectivity index (χ2v) is 8.86. The lowest BCUT2D eigenvalue weighted by molar-refractivity contribution is -0.121. The Labute approximate surface area is 178 Å². The maximum absolute atomic E-state index is 13.3. The maximum atomic E-state index is 13.3. The third-order valence-corrected chi connectivity index (χ3v) is 6.84. The Bertz CT molecular complexity index is 1130. The molecule has 2 aromatic heterocycles. The van der Waals surface area contributed by atoms with Crippen LogP contribution in [0.2, 0.25) is 5.02 Å². The van der Waals surface area contributed by atoms with Crippen LogP contribution in [-0.4, -0.2) is 15.3 Å². The molecule has 0 unspecified atom stereocenters. The maximum Gasteiger partial charge on any atom is 0.235 e. The van der Waals surface area contributed by atoms with E-state index in [0.717, 1.165) is 53.2 Å². The molecule has 0 bridgehead atoms. The molecule has 0 atom stereocenters. The van der Waals surface area contributed by atoms with E-state index in [1.165, 1.54) is 0 Å². The summed E-state index contributed by atoms with van der Waals surface area (Å²) >= 11 is 7.66. The van der Waals surface area contributed by atoms with E-state index in [-0.39, 0.29) is 5.91 Å². The number of hydrogen-bond acceptors (Lipinski definition) is 3. The van der Waals surface area contributed by atoms with Gasteiger partial charge in [0.05, 0.1) is 11.1 Å². The fourth-order valence-electron chi connectivity index (χ4n) is 4.24. The summed E-state index contributed by atoms with van der Waals surface area (Å²) in [5.74, 6) is 0.0626. The van der Waals surface area contributed by atoms with Crippen LogP contribution in [0.3, 0.4) is 0 Å². The number of thiazole rings is 1. The number of benzene rings is 2. The van der Waals surface area contributed by atoms with Gasteiger partial charge in [-0.3, -0.25) is 9.20 Å². The lowest BCUT2D eigenvalue weighted by atomic mass is 9.78. The number of rotatable bonds is 4. The summed E-state index contributed by atoms with van der Waals surface area (Å²) in [5.41, 5.74) is 3.35. The van der Waals surface area contributed by atoms with Gasteiger partial charge < -0.3 is 5.32 Å². The summed E-state index contributed by atoms with van der Waals surface area (Å²) in [6.07, 6.45) is 7.88. The fraction of sp³-hybridized carbons (Fsp3) is 0.217. The molecular weight excluding hydrogens is 402 g/mol. The zero-order valence-corrected chi connectivity index (χ0v) is 17.3. The van der Waals surface area contributed by atoms with Crippen molar-refractivity contribution in [2.45, 2.75) is 31.1 Å². The van der Waals surface area contributed by atoms with Crippen LogP contribution in [0.15, 0.2) is 66.3 Å². The van der Waals surface area contributed by atoms with Crippen LogP contribution < -0.4 is 5.32 Å². The molecule has 2 heterocycles. The first-order chi connectivity index (χ1) is 14.1. The van der Waals surface area contributed by atoms with Crippen molar-refractivity contribution in [2.24, 2.45) is 0 Å². The number of anilines is 1. The summed E-state index contributed by atoms with van der Waals surface area (Å²) < 4.78 is 2.02. The number of halogens is 1. The summed E-state index contributed by atoms with van der Waals surface area (Å²) in [6, 6.07) is 15.6. The van der Waals surface area contributed by atoms with E-state index in [1.54, 1.807) is 11.3 Å². The van der Waals surface area contributed by atoms with E-state index in [9.17, 15) is 4.79 Å². The van der Waals surface area contributed by atoms with E-state index < -0.39 is 5.41 Å². The van der Waals surface area contributed by atoms with Gasteiger partial charge in [0.2, 0.25) is 5.91 Å². The largest absolute Gasteiger partial charge is 0.325 e. The molecule has 0 saturated heterocycles. The number of aromatic nitrogens is 2. The molecule has 2 aromatic carbocycles. The average Bonchev–Trinajstić information content (AvgIpc) is 3.46. The molecule has 1 fully saturated rings. The van der Waals surface area contributed by atoms with Crippen molar-refractivity contribution >= 4 is 39.5 Å². The third kappa shape index (κ3) is 3.34. The smallest absolute Gasteiger partial charge is 0.235 e. The number of carbonyl (C=O) groups is 1. The van der Waals surface area contributed by atoms with Crippen molar-refractivity contribution in [3.63, 3.8) is 0 Å². The van der Waals surface area contributed by atoms with Gasteiger partial charge >= 0.3 is 0 Å². The Balaban J connectivity index is 1.38. The van der Waals surface area contributed by atoms with Gasteiger partial charge in [0, 0.05) is 34.0 Å². The van der Waals surface area contributed by atoms with Crippen LogP contribution in [0.5, 0.6) is 0 Å². The first-order valence-corrected chi connectivity index (χ1v) is 11.0. The Morgan fingerprint density at radius 1 is 1.07 bits per heavy atom. The molecule has 5 rings (SSSR count). The van der Waals surface area contributed by atoms with Gasteiger partial charge in [-0.15, -0.1) is 11.3 Å². The second kappa shape index (κ2) is 7.32. The van der Waals surface area contributed by atoms with E-state index in [2.05, 4.69) is 10.3 Å². The van der Waals surface area contributed by atoms with Crippen LogP contribution in [0, 0.1) is 0 Å². The molecule has 1 aliphatic carbocycles. The molecule has 0 radical (unpaired) electrons. The van der Waals surface area contributed by atoms with Crippen LogP contribution in [0.4, 0.5) is 5.69 Å². The van der Waals surface area contributed by atoms with Crippen molar-refractivity contribution in [2.75, 3.05) is 5.32 Å². The molecule has 0 spiro atoms. The highest BCUT2D eigenvalue weighted by molar-refractivity contribution is 7.15. The highest BCUT2D eigenvalue weighted by atomic mass is 35.5. The van der Waals surface area contributed by atoms with E-state index in [4.69, 9.17) is 11.6 Å². The molecule has 1 N–H and O–H groups in total. The minimum absolute atomic E-state index is 0.0626. The third-order valence-electron chi connectivity index (χ3n) is 5.82. The van der Waals surface area contributed by atoms with E-state index in [1.807, 2.05) is 70.7 Å². The van der Waals surface area contributed by atoms with Crippen molar-refractivity contribution in [1.82, 2.24) is 9.38 Å². The standard InChI is InChI=1S/C23H20ClN3OS/c24-18-7-5-17(6-8-18)23(11-1-2-12-23)21(28)25-19-9-3-16(4-10-19)20-15-27-13-14-29-22(27)26-20/h3-10,13-15H,1-2,11-12H2,(H,25,28). The number of amides is 1. The Morgan fingerprint density at radius 3 is 2.48 bits per heavy atom. The normalized spacial score (nSPS) is 15.6. The topological polar surface area (TPSA) is 46.4 Å². The zero-order chi connectivity index (χ0) is 19.8. The zero-order valence-electron chi connectivity index (χ0n) is 15.8. The molecule has 1 amide bonds. The molecule has 146 valence electrons. The Kier molecular flexibility index (Phi) is 4.64. The minimum atomic E-state index is -0.475. The quantitative estimate of drug-likeness (QED) is 0.428. The van der Waals surface area contributed by atoms with Gasteiger partial charge in [-0.25, -0.2) is 4.98 Å². The lowest BCUT2D eigenvalue weighted by Gasteiger charge is -2.28. The minimum Gasteiger partial charge on any atom is -0.325 e. The average molecular weight is 422 g/mol. The molecule has 6 heteroatoms. The van der Waals surface area contributed by atoms with E-state index >= 15 is 0 Å². The SMILES string of the molecule is O=C(Nc1ccc(-c2cn3ccsc3n2)cc1)C1(c2ccc(Cl)cc2)CCCC1. The number of carbonyl (C=O) groups excluding carboxylic acids is 1. The van der Waals surface area contributed by atoms with Crippen molar-refractivity contribution < 1.29 is 4.79 Å². The van der Waals surface area contributed by atoms with E-state index in [0.29, 0.717) is 5.02 Å². The number of nitrogens with one attached hydrogen (secondary N) is 1. The highest BCUT2D eigenvalue weighted by Gasteiger charge is 2.42. The van der Waals surface area contributed by atoms with Gasteiger partial charge in [0.15, 0.2) is 4.96 Å². The van der Waals surface area contributed by atoms with Gasteiger partial charge in [-0.2, -0.15) is 0 Å². The summed E-state index contributed by atoms with van der Waals surface area (Å²) in [7, 11) is 0. The Hall–Kier alpha value is -2.63. The number of hydrogen-bond donors (Lipinski definition) is 1. The van der Waals surface area contributed by atoms with Crippen LogP contribution in [0.25, 0.3) is 16.2 Å². The first kappa shape index (κ1) is 18.4. The predicted molar refractivity (Wildman–Crippen MR) is 119 cm³/mol. The van der Waals surface area contributed by atoms with Crippen LogP contribution in [-0.2, 0) is 10.2 Å². The monoisotopic (exact) mass is 421 g/mol. The van der Waals surface area contributed by atoms with Gasteiger partial charge in [-0.1, -0.05) is 48.7 Å². The molecular formula is C23H20ClN3OS. The second-order valence-electron chi connectivity index (χ2n) is 7.55. The van der Waals surface area contributed by atoms with Gasteiger partial charge in [0.25, 0.3) is 0 Å². The van der Waals surface area contributed by atoms with Crippen molar-refractivity contribution in [3.8, 4) is 11.3 Å². The molecule has 1 aliphatic rings. The predicted octanol–water partition coefficient (Wildman–Crippen LogP) is 6.17. The molecule has 4 nitrogen and oxygen atoms in total. The lowest BCUT2D eigenvalue weighted by Crippen LogP contribution is -2.37. The first-order valence-electron chi connectivity index (χ1n) is 9.74. The summed E-state index contributed by atoms with van der Waals surface area (Å²) in [6.45, 7) is 0. The van der Waals surface area contributed by atoms with Gasteiger partial charge in [-0.05, 0) is 42.7 Å². The number of nitrogens with zero attached hydrogens (tertiary/aromatic N) is 2. The molecule has 29 heavy (non-hydrogen) atoms. The van der Waals surface area contributed by atoms with Crippen molar-refractivity contribution in [1.29, 1.82) is 0 Å². The molecule has 4 aromatic rings. The van der Waals surface area contributed by atoms with Crippen molar-refractivity contribution in [3.05, 3.63) is 76.9 Å².